The van der Waals surface area contributed by atoms with Crippen molar-refractivity contribution >= 4 is 5.69 Å². The molecule has 4 nitrogen and oxygen atoms in total. The number of anilines is 1. The summed E-state index contributed by atoms with van der Waals surface area (Å²) in [7, 11) is 1.65. The number of hydrazine groups is 1. The van der Waals surface area contributed by atoms with E-state index in [0.29, 0.717) is 18.0 Å². The van der Waals surface area contributed by atoms with Crippen molar-refractivity contribution in [3.05, 3.63) is 53.6 Å². The summed E-state index contributed by atoms with van der Waals surface area (Å²) < 4.78 is 5.56. The van der Waals surface area contributed by atoms with Gasteiger partial charge >= 0.3 is 0 Å². The molecular weight excluding hydrogens is 348 g/mol. The lowest BCUT2D eigenvalue weighted by atomic mass is 9.48. The molecule has 4 aliphatic rings. The van der Waals surface area contributed by atoms with Crippen molar-refractivity contribution in [2.75, 3.05) is 12.5 Å². The fourth-order valence-corrected chi connectivity index (χ4v) is 6.54. The molecule has 2 aromatic rings. The number of rotatable bonds is 6. The van der Waals surface area contributed by atoms with Crippen molar-refractivity contribution < 1.29 is 9.84 Å². The van der Waals surface area contributed by atoms with Crippen molar-refractivity contribution in [1.82, 2.24) is 5.43 Å². The molecule has 4 bridgehead atoms. The minimum Gasteiger partial charge on any atom is -0.504 e. The van der Waals surface area contributed by atoms with Gasteiger partial charge in [-0.05, 0) is 91.5 Å². The molecule has 0 unspecified atom stereocenters. The van der Waals surface area contributed by atoms with Gasteiger partial charge in [0.2, 0.25) is 0 Å². The van der Waals surface area contributed by atoms with Crippen LogP contribution in [0.5, 0.6) is 11.5 Å². The Hall–Kier alpha value is -2.20. The van der Waals surface area contributed by atoms with Crippen LogP contribution >= 0.6 is 0 Å². The molecule has 4 heteroatoms. The van der Waals surface area contributed by atoms with E-state index in [4.69, 9.17) is 4.74 Å². The number of nitrogens with one attached hydrogen (secondary N) is 2. The van der Waals surface area contributed by atoms with E-state index in [0.717, 1.165) is 34.6 Å². The van der Waals surface area contributed by atoms with E-state index in [1.807, 2.05) is 36.4 Å². The van der Waals surface area contributed by atoms with Crippen molar-refractivity contribution in [3.8, 4) is 11.5 Å². The van der Waals surface area contributed by atoms with Crippen molar-refractivity contribution in [2.45, 2.75) is 50.5 Å². The molecule has 28 heavy (non-hydrogen) atoms. The molecule has 4 saturated carbocycles. The number of phenols is 1. The monoisotopic (exact) mass is 378 g/mol. The van der Waals surface area contributed by atoms with Gasteiger partial charge in [-0.25, -0.2) is 5.43 Å². The fourth-order valence-electron chi connectivity index (χ4n) is 6.54. The van der Waals surface area contributed by atoms with Gasteiger partial charge in [0.05, 0.1) is 7.11 Å². The maximum Gasteiger partial charge on any atom is 0.161 e. The summed E-state index contributed by atoms with van der Waals surface area (Å²) in [6, 6.07) is 14.3. The Kier molecular flexibility index (Phi) is 4.47. The van der Waals surface area contributed by atoms with E-state index < -0.39 is 0 Å². The minimum atomic E-state index is 0.148. The van der Waals surface area contributed by atoms with E-state index in [1.54, 1.807) is 7.11 Å². The molecule has 148 valence electrons. The number of hydrogen-bond acceptors (Lipinski definition) is 4. The van der Waals surface area contributed by atoms with E-state index in [9.17, 15) is 5.11 Å². The molecule has 0 saturated heterocycles. The summed E-state index contributed by atoms with van der Waals surface area (Å²) in [4.78, 5) is 0. The normalized spacial score (nSPS) is 30.4. The van der Waals surface area contributed by atoms with Crippen LogP contribution in [0.3, 0.4) is 0 Å². The van der Waals surface area contributed by atoms with Gasteiger partial charge in [-0.15, -0.1) is 0 Å². The topological polar surface area (TPSA) is 53.5 Å². The van der Waals surface area contributed by atoms with Crippen LogP contribution in [-0.2, 0) is 12.0 Å². The van der Waals surface area contributed by atoms with Crippen molar-refractivity contribution in [2.24, 2.45) is 17.8 Å². The van der Waals surface area contributed by atoms with Gasteiger partial charge in [0.15, 0.2) is 11.5 Å². The third kappa shape index (κ3) is 3.14. The third-order valence-corrected chi connectivity index (χ3v) is 7.26. The predicted molar refractivity (Wildman–Crippen MR) is 111 cm³/mol. The summed E-state index contributed by atoms with van der Waals surface area (Å²) >= 11 is 0. The van der Waals surface area contributed by atoms with Crippen LogP contribution in [0.25, 0.3) is 0 Å². The highest BCUT2D eigenvalue weighted by atomic mass is 16.5. The summed E-state index contributed by atoms with van der Waals surface area (Å²) in [6.07, 6.45) is 7.90. The highest BCUT2D eigenvalue weighted by Crippen LogP contribution is 2.62. The lowest BCUT2D eigenvalue weighted by Crippen LogP contribution is -2.48. The van der Waals surface area contributed by atoms with Crippen LogP contribution < -0.4 is 15.6 Å². The smallest absolute Gasteiger partial charge is 0.161 e. The molecule has 4 aliphatic carbocycles. The molecule has 0 atom stereocenters. The molecule has 2 aromatic carbocycles. The van der Waals surface area contributed by atoms with Crippen LogP contribution in [0.2, 0.25) is 0 Å². The largest absolute Gasteiger partial charge is 0.504 e. The Morgan fingerprint density at radius 1 is 1.00 bits per heavy atom. The second-order valence-corrected chi connectivity index (χ2v) is 9.24. The molecule has 4 fully saturated rings. The quantitative estimate of drug-likeness (QED) is 0.620. The summed E-state index contributed by atoms with van der Waals surface area (Å²) in [5.74, 6) is 3.50. The summed E-state index contributed by atoms with van der Waals surface area (Å²) in [6.45, 7) is 0.672. The van der Waals surface area contributed by atoms with Gasteiger partial charge in [-0.2, -0.15) is 0 Å². The zero-order valence-electron chi connectivity index (χ0n) is 16.6. The Balaban J connectivity index is 1.41. The Labute approximate surface area is 167 Å². The third-order valence-electron chi connectivity index (χ3n) is 7.26. The van der Waals surface area contributed by atoms with Gasteiger partial charge in [0.1, 0.15) is 0 Å². The van der Waals surface area contributed by atoms with Crippen LogP contribution in [0.15, 0.2) is 42.5 Å². The summed E-state index contributed by atoms with van der Waals surface area (Å²) in [5, 5.41) is 11.0. The average molecular weight is 379 g/mol. The molecule has 0 aliphatic heterocycles. The number of phenolic OH excluding ortho intramolecular Hbond substituents is 1. The molecule has 0 amide bonds. The van der Waals surface area contributed by atoms with Crippen molar-refractivity contribution in [3.63, 3.8) is 0 Å². The first-order chi connectivity index (χ1) is 13.6. The molecular formula is C24H30N2O2. The van der Waals surface area contributed by atoms with Gasteiger partial charge in [-0.1, -0.05) is 18.2 Å². The highest BCUT2D eigenvalue weighted by Gasteiger charge is 2.52. The second-order valence-electron chi connectivity index (χ2n) is 9.24. The van der Waals surface area contributed by atoms with E-state index >= 15 is 0 Å². The van der Waals surface area contributed by atoms with Gasteiger partial charge in [-0.3, -0.25) is 0 Å². The Morgan fingerprint density at radius 2 is 1.64 bits per heavy atom. The van der Waals surface area contributed by atoms with Crippen LogP contribution in [0.4, 0.5) is 5.69 Å². The van der Waals surface area contributed by atoms with E-state index in [1.165, 1.54) is 38.5 Å². The number of benzene rings is 2. The number of methoxy groups -OCH3 is 1. The Morgan fingerprint density at radius 3 is 2.25 bits per heavy atom. The highest BCUT2D eigenvalue weighted by molar-refractivity contribution is 5.53. The first-order valence-corrected chi connectivity index (χ1v) is 10.6. The zero-order valence-corrected chi connectivity index (χ0v) is 16.6. The lowest BCUT2D eigenvalue weighted by molar-refractivity contribution is -0.00630. The fraction of sp³-hybridized carbons (Fsp3) is 0.500. The zero-order chi connectivity index (χ0) is 19.1. The van der Waals surface area contributed by atoms with Gasteiger partial charge in [0.25, 0.3) is 0 Å². The minimum absolute atomic E-state index is 0.148. The number of ether oxygens (including phenoxy) is 1. The first kappa shape index (κ1) is 17.9. The predicted octanol–water partition coefficient (Wildman–Crippen LogP) is 4.99. The molecule has 3 N–H and O–H groups in total. The average Bonchev–Trinajstić information content (AvgIpc) is 2.68. The van der Waals surface area contributed by atoms with Crippen molar-refractivity contribution in [1.29, 1.82) is 0 Å². The standard InChI is InChI=1S/C24H30N2O2/c1-28-22-11-19(15-25-26-20-5-3-2-4-6-20)10-21(23(22)27)24-12-16-7-17(13-24)9-18(8-16)14-24/h2-6,10-11,16-18,25-27H,7-9,12-15H2,1H3. The maximum atomic E-state index is 11.0. The first-order valence-electron chi connectivity index (χ1n) is 10.6. The van der Waals surface area contributed by atoms with Gasteiger partial charge in [0, 0.05) is 17.8 Å². The number of hydrogen-bond donors (Lipinski definition) is 3. The molecule has 0 radical (unpaired) electrons. The second kappa shape index (κ2) is 7.00. The summed E-state index contributed by atoms with van der Waals surface area (Å²) in [5.41, 5.74) is 10.0. The van der Waals surface area contributed by atoms with Gasteiger partial charge < -0.3 is 15.3 Å². The molecule has 0 aromatic heterocycles. The molecule has 0 heterocycles. The molecule has 6 rings (SSSR count). The number of para-hydroxylation sites is 1. The lowest BCUT2D eigenvalue weighted by Gasteiger charge is -2.57. The number of aromatic hydroxyl groups is 1. The van der Waals surface area contributed by atoms with E-state index in [-0.39, 0.29) is 5.41 Å². The van der Waals surface area contributed by atoms with Crippen LogP contribution in [-0.4, -0.2) is 12.2 Å². The van der Waals surface area contributed by atoms with Crippen LogP contribution in [0, 0.1) is 17.8 Å². The SMILES string of the molecule is COc1cc(CNNc2ccccc2)cc(C23CC4CC(CC(C4)C2)C3)c1O. The van der Waals surface area contributed by atoms with E-state index in [2.05, 4.69) is 16.9 Å². The van der Waals surface area contributed by atoms with Crippen LogP contribution in [0.1, 0.15) is 49.7 Å². The molecule has 0 spiro atoms. The maximum absolute atomic E-state index is 11.0. The Bertz CT molecular complexity index is 814.